The van der Waals surface area contributed by atoms with E-state index in [2.05, 4.69) is 29.5 Å². The first-order valence-electron chi connectivity index (χ1n) is 6.92. The topological polar surface area (TPSA) is 59.8 Å². The second-order valence-corrected chi connectivity index (χ2v) is 5.03. The molecule has 100 valence electrons. The summed E-state index contributed by atoms with van der Waals surface area (Å²) in [5.41, 5.74) is 0.279. The van der Waals surface area contributed by atoms with E-state index in [0.717, 1.165) is 45.2 Å². The van der Waals surface area contributed by atoms with Crippen LogP contribution >= 0.6 is 0 Å². The molecule has 0 spiro atoms. The fraction of sp³-hybridized carbons (Fsp3) is 0.769. The summed E-state index contributed by atoms with van der Waals surface area (Å²) in [7, 11) is 0. The van der Waals surface area contributed by atoms with Crippen LogP contribution in [0.3, 0.4) is 0 Å². The minimum absolute atomic E-state index is 0.167. The minimum atomic E-state index is -0.373. The third-order valence-electron chi connectivity index (χ3n) is 3.64. The van der Waals surface area contributed by atoms with Crippen LogP contribution in [0.4, 0.5) is 0 Å². The lowest BCUT2D eigenvalue weighted by Crippen LogP contribution is -2.48. The van der Waals surface area contributed by atoms with Gasteiger partial charge in [-0.2, -0.15) is 0 Å². The monoisotopic (exact) mass is 250 g/mol. The quantitative estimate of drug-likeness (QED) is 0.782. The van der Waals surface area contributed by atoms with Crippen molar-refractivity contribution < 1.29 is 4.79 Å². The molecule has 1 aliphatic rings. The van der Waals surface area contributed by atoms with Crippen LogP contribution in [0.5, 0.6) is 0 Å². The van der Waals surface area contributed by atoms with Crippen LogP contribution < -0.4 is 5.32 Å². The highest BCUT2D eigenvalue weighted by molar-refractivity contribution is 6.02. The van der Waals surface area contributed by atoms with E-state index in [1.54, 1.807) is 10.9 Å². The number of Topliss-reactive ketones (excluding diaryl/α,β-unsaturated/α-hetero) is 1. The molecule has 2 heterocycles. The molecule has 1 aromatic heterocycles. The number of aromatic nitrogens is 3. The Hall–Kier alpha value is -1.23. The number of carbonyl (C=O) groups excluding carboxylic acids is 1. The molecule has 1 aliphatic heterocycles. The van der Waals surface area contributed by atoms with E-state index in [0.29, 0.717) is 5.69 Å². The largest absolute Gasteiger partial charge is 0.305 e. The molecular weight excluding hydrogens is 228 g/mol. The Morgan fingerprint density at radius 2 is 2.33 bits per heavy atom. The van der Waals surface area contributed by atoms with Gasteiger partial charge in [0.2, 0.25) is 5.78 Å². The van der Waals surface area contributed by atoms with Crippen molar-refractivity contribution in [1.29, 1.82) is 0 Å². The molecule has 0 radical (unpaired) electrons. The van der Waals surface area contributed by atoms with E-state index in [9.17, 15) is 4.79 Å². The first-order valence-corrected chi connectivity index (χ1v) is 6.92. The second-order valence-electron chi connectivity index (χ2n) is 5.03. The summed E-state index contributed by atoms with van der Waals surface area (Å²) in [6.45, 7) is 5.88. The standard InChI is InChI=1S/C13H22N4O/c1-3-6-13(7-5-8-14-13)12(18)11-10-15-16-17(11)9-4-2/h10,14H,3-9H2,1-2H3. The van der Waals surface area contributed by atoms with E-state index in [4.69, 9.17) is 0 Å². The molecule has 1 fully saturated rings. The maximum atomic E-state index is 12.8. The molecule has 0 aromatic carbocycles. The van der Waals surface area contributed by atoms with Gasteiger partial charge in [0.15, 0.2) is 0 Å². The molecule has 1 aromatic rings. The molecule has 18 heavy (non-hydrogen) atoms. The van der Waals surface area contributed by atoms with Crippen LogP contribution in [0.1, 0.15) is 56.4 Å². The summed E-state index contributed by atoms with van der Waals surface area (Å²) in [6.07, 6.45) is 6.46. The summed E-state index contributed by atoms with van der Waals surface area (Å²) in [5.74, 6) is 0.167. The van der Waals surface area contributed by atoms with Gasteiger partial charge in [-0.05, 0) is 32.2 Å². The van der Waals surface area contributed by atoms with Crippen LogP contribution in [0.2, 0.25) is 0 Å². The molecule has 1 atom stereocenters. The number of ketones is 1. The van der Waals surface area contributed by atoms with Gasteiger partial charge in [0.1, 0.15) is 5.69 Å². The highest BCUT2D eigenvalue weighted by atomic mass is 16.1. The van der Waals surface area contributed by atoms with Gasteiger partial charge < -0.3 is 5.32 Å². The van der Waals surface area contributed by atoms with Crippen molar-refractivity contribution in [2.45, 2.75) is 58.0 Å². The molecule has 0 amide bonds. The zero-order valence-corrected chi connectivity index (χ0v) is 11.3. The lowest BCUT2D eigenvalue weighted by atomic mass is 9.86. The lowest BCUT2D eigenvalue weighted by Gasteiger charge is -2.27. The molecule has 2 rings (SSSR count). The number of nitrogens with one attached hydrogen (secondary N) is 1. The molecule has 5 nitrogen and oxygen atoms in total. The number of carbonyl (C=O) groups is 1. The van der Waals surface area contributed by atoms with Crippen molar-refractivity contribution in [2.75, 3.05) is 6.54 Å². The molecule has 1 N–H and O–H groups in total. The summed E-state index contributed by atoms with van der Waals surface area (Å²) in [5, 5.41) is 11.3. The Labute approximate surface area is 108 Å². The summed E-state index contributed by atoms with van der Waals surface area (Å²) < 4.78 is 1.74. The average Bonchev–Trinajstić information content (AvgIpc) is 2.99. The predicted molar refractivity (Wildman–Crippen MR) is 69.5 cm³/mol. The Bertz CT molecular complexity index is 407. The third kappa shape index (κ3) is 2.32. The van der Waals surface area contributed by atoms with Crippen molar-refractivity contribution in [3.63, 3.8) is 0 Å². The second kappa shape index (κ2) is 5.61. The van der Waals surface area contributed by atoms with Gasteiger partial charge in [-0.15, -0.1) is 5.10 Å². The van der Waals surface area contributed by atoms with Gasteiger partial charge in [-0.1, -0.05) is 25.5 Å². The number of aryl methyl sites for hydroxylation is 1. The maximum absolute atomic E-state index is 12.8. The lowest BCUT2D eigenvalue weighted by molar-refractivity contribution is 0.0846. The Kier molecular flexibility index (Phi) is 4.11. The number of hydrogen-bond acceptors (Lipinski definition) is 4. The minimum Gasteiger partial charge on any atom is -0.305 e. The van der Waals surface area contributed by atoms with Crippen LogP contribution in [-0.2, 0) is 6.54 Å². The molecule has 0 aliphatic carbocycles. The van der Waals surface area contributed by atoms with Crippen LogP contribution in [0, 0.1) is 0 Å². The highest BCUT2D eigenvalue weighted by Gasteiger charge is 2.41. The van der Waals surface area contributed by atoms with Gasteiger partial charge in [0.05, 0.1) is 11.7 Å². The Balaban J connectivity index is 2.25. The first-order chi connectivity index (χ1) is 8.73. The predicted octanol–water partition coefficient (Wildman–Crippen LogP) is 1.79. The number of nitrogens with zero attached hydrogens (tertiary/aromatic N) is 3. The van der Waals surface area contributed by atoms with Gasteiger partial charge in [-0.3, -0.25) is 4.79 Å². The zero-order valence-electron chi connectivity index (χ0n) is 11.3. The summed E-state index contributed by atoms with van der Waals surface area (Å²) >= 11 is 0. The Morgan fingerprint density at radius 3 is 2.94 bits per heavy atom. The SMILES string of the molecule is CCCn1nncc1C(=O)C1(CCC)CCCN1. The first kappa shape index (κ1) is 13.2. The van der Waals surface area contributed by atoms with Crippen molar-refractivity contribution in [1.82, 2.24) is 20.3 Å². The van der Waals surface area contributed by atoms with Gasteiger partial charge in [-0.25, -0.2) is 4.68 Å². The van der Waals surface area contributed by atoms with Crippen molar-refractivity contribution in [3.8, 4) is 0 Å². The van der Waals surface area contributed by atoms with Crippen LogP contribution in [0.25, 0.3) is 0 Å². The van der Waals surface area contributed by atoms with E-state index in [1.165, 1.54) is 0 Å². The van der Waals surface area contributed by atoms with Crippen LogP contribution in [-0.4, -0.2) is 32.9 Å². The smallest absolute Gasteiger partial charge is 0.202 e. The van der Waals surface area contributed by atoms with E-state index in [1.807, 2.05) is 0 Å². The fourth-order valence-corrected chi connectivity index (χ4v) is 2.81. The molecule has 5 heteroatoms. The third-order valence-corrected chi connectivity index (χ3v) is 3.64. The fourth-order valence-electron chi connectivity index (χ4n) is 2.81. The highest BCUT2D eigenvalue weighted by Crippen LogP contribution is 2.28. The number of rotatable bonds is 6. The molecule has 1 unspecified atom stereocenters. The average molecular weight is 250 g/mol. The van der Waals surface area contributed by atoms with E-state index >= 15 is 0 Å². The van der Waals surface area contributed by atoms with Crippen molar-refractivity contribution in [2.24, 2.45) is 0 Å². The van der Waals surface area contributed by atoms with E-state index in [-0.39, 0.29) is 11.3 Å². The molecular formula is C13H22N4O. The van der Waals surface area contributed by atoms with Crippen molar-refractivity contribution >= 4 is 5.78 Å². The van der Waals surface area contributed by atoms with E-state index < -0.39 is 0 Å². The molecule has 1 saturated heterocycles. The maximum Gasteiger partial charge on any atom is 0.202 e. The van der Waals surface area contributed by atoms with Crippen molar-refractivity contribution in [3.05, 3.63) is 11.9 Å². The zero-order chi connectivity index (χ0) is 13.0. The van der Waals surface area contributed by atoms with Gasteiger partial charge in [0, 0.05) is 6.54 Å². The number of hydrogen-bond donors (Lipinski definition) is 1. The normalized spacial score (nSPS) is 23.4. The summed E-state index contributed by atoms with van der Waals surface area (Å²) in [4.78, 5) is 12.8. The molecule has 0 saturated carbocycles. The molecule has 0 bridgehead atoms. The Morgan fingerprint density at radius 1 is 1.50 bits per heavy atom. The van der Waals surface area contributed by atoms with Crippen LogP contribution in [0.15, 0.2) is 6.20 Å². The summed E-state index contributed by atoms with van der Waals surface area (Å²) in [6, 6.07) is 0. The van der Waals surface area contributed by atoms with Gasteiger partial charge in [0.25, 0.3) is 0 Å². The van der Waals surface area contributed by atoms with Gasteiger partial charge >= 0.3 is 0 Å².